The standard InChI is InChI=1S/C10H17F3S/c1-2-3-4-5-6-7-8-9(14)10(11,12)13/h2-8H2,1H3. The molecule has 84 valence electrons. The van der Waals surface area contributed by atoms with Crippen molar-refractivity contribution in [3.8, 4) is 0 Å². The van der Waals surface area contributed by atoms with Gasteiger partial charge in [-0.2, -0.15) is 13.2 Å². The predicted octanol–water partition coefficient (Wildman–Crippen LogP) is 4.67. The van der Waals surface area contributed by atoms with Gasteiger partial charge in [0.25, 0.3) is 0 Å². The topological polar surface area (TPSA) is 0 Å². The summed E-state index contributed by atoms with van der Waals surface area (Å²) in [5.74, 6) is 0. The summed E-state index contributed by atoms with van der Waals surface area (Å²) in [6, 6.07) is 0. The molecule has 0 amide bonds. The van der Waals surface area contributed by atoms with Gasteiger partial charge in [0, 0.05) is 0 Å². The molecule has 0 aliphatic heterocycles. The van der Waals surface area contributed by atoms with E-state index in [1.807, 2.05) is 0 Å². The molecule has 0 nitrogen and oxygen atoms in total. The maximum Gasteiger partial charge on any atom is 0.422 e. The molecule has 0 bridgehead atoms. The van der Waals surface area contributed by atoms with Crippen molar-refractivity contribution in [2.45, 2.75) is 58.0 Å². The van der Waals surface area contributed by atoms with Crippen LogP contribution in [0.1, 0.15) is 51.9 Å². The second-order valence-corrected chi connectivity index (χ2v) is 3.93. The average molecular weight is 226 g/mol. The maximum absolute atomic E-state index is 11.9. The van der Waals surface area contributed by atoms with E-state index in [2.05, 4.69) is 19.1 Å². The smallest absolute Gasteiger partial charge is 0.166 e. The zero-order valence-electron chi connectivity index (χ0n) is 8.49. The van der Waals surface area contributed by atoms with E-state index in [9.17, 15) is 13.2 Å². The summed E-state index contributed by atoms with van der Waals surface area (Å²) in [5.41, 5.74) is 0. The van der Waals surface area contributed by atoms with E-state index < -0.39 is 11.0 Å². The van der Waals surface area contributed by atoms with E-state index >= 15 is 0 Å². The van der Waals surface area contributed by atoms with Crippen LogP contribution in [0.15, 0.2) is 0 Å². The van der Waals surface area contributed by atoms with Crippen molar-refractivity contribution in [3.05, 3.63) is 0 Å². The van der Waals surface area contributed by atoms with Gasteiger partial charge in [0.2, 0.25) is 0 Å². The molecule has 0 rings (SSSR count). The molecule has 0 aliphatic rings. The second-order valence-electron chi connectivity index (χ2n) is 3.44. The lowest BCUT2D eigenvalue weighted by molar-refractivity contribution is -0.0580. The number of halogens is 3. The van der Waals surface area contributed by atoms with Crippen molar-refractivity contribution < 1.29 is 13.2 Å². The minimum absolute atomic E-state index is 0.0188. The predicted molar refractivity (Wildman–Crippen MR) is 56.6 cm³/mol. The molecule has 0 N–H and O–H groups in total. The SMILES string of the molecule is CCCCCCCCC(=S)C(F)(F)F. The third-order valence-electron chi connectivity index (χ3n) is 2.07. The van der Waals surface area contributed by atoms with Crippen LogP contribution in [0.3, 0.4) is 0 Å². The highest BCUT2D eigenvalue weighted by Crippen LogP contribution is 2.21. The van der Waals surface area contributed by atoms with Crippen molar-refractivity contribution in [1.82, 2.24) is 0 Å². The van der Waals surface area contributed by atoms with Gasteiger partial charge < -0.3 is 0 Å². The molecular formula is C10H17F3S. The Kier molecular flexibility index (Phi) is 7.15. The van der Waals surface area contributed by atoms with E-state index in [0.29, 0.717) is 6.42 Å². The monoisotopic (exact) mass is 226 g/mol. The van der Waals surface area contributed by atoms with Crippen LogP contribution in [0.25, 0.3) is 0 Å². The quantitative estimate of drug-likeness (QED) is 0.449. The largest absolute Gasteiger partial charge is 0.422 e. The Morgan fingerprint density at radius 1 is 1.00 bits per heavy atom. The molecule has 0 spiro atoms. The normalized spacial score (nSPS) is 11.7. The molecule has 4 heteroatoms. The summed E-state index contributed by atoms with van der Waals surface area (Å²) < 4.78 is 35.8. The number of hydrogen-bond donors (Lipinski definition) is 0. The van der Waals surface area contributed by atoms with Crippen molar-refractivity contribution >= 4 is 17.1 Å². The van der Waals surface area contributed by atoms with Crippen molar-refractivity contribution in [1.29, 1.82) is 0 Å². The van der Waals surface area contributed by atoms with E-state index in [4.69, 9.17) is 0 Å². The first kappa shape index (κ1) is 13.9. The molecule has 0 aromatic rings. The number of thiocarbonyl (C=S) groups is 1. The fourth-order valence-corrected chi connectivity index (χ4v) is 1.35. The summed E-state index contributed by atoms with van der Waals surface area (Å²) >= 11 is 4.27. The van der Waals surface area contributed by atoms with Crippen LogP contribution in [0, 0.1) is 0 Å². The maximum atomic E-state index is 11.9. The van der Waals surface area contributed by atoms with Gasteiger partial charge >= 0.3 is 6.18 Å². The van der Waals surface area contributed by atoms with Gasteiger partial charge in [-0.25, -0.2) is 0 Å². The van der Waals surface area contributed by atoms with Gasteiger partial charge in [0.05, 0.1) is 4.86 Å². The van der Waals surface area contributed by atoms with Crippen LogP contribution >= 0.6 is 12.2 Å². The molecule has 0 fully saturated rings. The molecular weight excluding hydrogens is 209 g/mol. The van der Waals surface area contributed by atoms with Crippen LogP contribution in [0.5, 0.6) is 0 Å². The van der Waals surface area contributed by atoms with Gasteiger partial charge in [-0.05, 0) is 12.8 Å². The first-order valence-corrected chi connectivity index (χ1v) is 5.49. The minimum Gasteiger partial charge on any atom is -0.166 e. The summed E-state index contributed by atoms with van der Waals surface area (Å²) in [5, 5.41) is 0. The Hall–Kier alpha value is -0.120. The highest BCUT2D eigenvalue weighted by atomic mass is 32.1. The molecule has 0 saturated carbocycles. The summed E-state index contributed by atoms with van der Waals surface area (Å²) in [7, 11) is 0. The van der Waals surface area contributed by atoms with Gasteiger partial charge in [0.1, 0.15) is 0 Å². The highest BCUT2D eigenvalue weighted by molar-refractivity contribution is 7.80. The lowest BCUT2D eigenvalue weighted by atomic mass is 10.1. The zero-order valence-corrected chi connectivity index (χ0v) is 9.31. The average Bonchev–Trinajstić information content (AvgIpc) is 2.09. The molecule has 0 saturated heterocycles. The molecule has 0 radical (unpaired) electrons. The molecule has 0 aromatic carbocycles. The lowest BCUT2D eigenvalue weighted by Gasteiger charge is -2.07. The highest BCUT2D eigenvalue weighted by Gasteiger charge is 2.32. The van der Waals surface area contributed by atoms with E-state index in [-0.39, 0.29) is 6.42 Å². The van der Waals surface area contributed by atoms with Crippen LogP contribution in [0.2, 0.25) is 0 Å². The Balaban J connectivity index is 3.33. The second kappa shape index (κ2) is 7.21. The third-order valence-corrected chi connectivity index (χ3v) is 2.51. The number of alkyl halides is 3. The summed E-state index contributed by atoms with van der Waals surface area (Å²) in [4.78, 5) is -0.756. The third kappa shape index (κ3) is 7.30. The molecule has 14 heavy (non-hydrogen) atoms. The van der Waals surface area contributed by atoms with Crippen molar-refractivity contribution in [2.24, 2.45) is 0 Å². The van der Waals surface area contributed by atoms with Gasteiger partial charge in [-0.1, -0.05) is 51.2 Å². The van der Waals surface area contributed by atoms with Gasteiger partial charge in [-0.15, -0.1) is 0 Å². The fourth-order valence-electron chi connectivity index (χ4n) is 1.21. The summed E-state index contributed by atoms with van der Waals surface area (Å²) in [6.07, 6.45) is 1.65. The van der Waals surface area contributed by atoms with Crippen molar-refractivity contribution in [3.63, 3.8) is 0 Å². The Labute approximate surface area is 88.9 Å². The van der Waals surface area contributed by atoms with E-state index in [1.54, 1.807) is 0 Å². The first-order chi connectivity index (χ1) is 6.48. The van der Waals surface area contributed by atoms with Crippen LogP contribution in [-0.4, -0.2) is 11.0 Å². The Morgan fingerprint density at radius 2 is 1.50 bits per heavy atom. The number of unbranched alkanes of at least 4 members (excludes halogenated alkanes) is 5. The first-order valence-electron chi connectivity index (χ1n) is 5.08. The van der Waals surface area contributed by atoms with Crippen LogP contribution in [-0.2, 0) is 0 Å². The fraction of sp³-hybridized carbons (Fsp3) is 0.900. The number of hydrogen-bond acceptors (Lipinski definition) is 1. The van der Waals surface area contributed by atoms with E-state index in [0.717, 1.165) is 25.7 Å². The van der Waals surface area contributed by atoms with Gasteiger partial charge in [0.15, 0.2) is 0 Å². The lowest BCUT2D eigenvalue weighted by Crippen LogP contribution is -2.20. The Bertz CT molecular complexity index is 163. The molecule has 0 atom stereocenters. The zero-order chi connectivity index (χ0) is 11.0. The van der Waals surface area contributed by atoms with Crippen molar-refractivity contribution in [2.75, 3.05) is 0 Å². The summed E-state index contributed by atoms with van der Waals surface area (Å²) in [6.45, 7) is 2.11. The number of rotatable bonds is 7. The minimum atomic E-state index is -4.27. The molecule has 0 unspecified atom stereocenters. The van der Waals surface area contributed by atoms with Gasteiger partial charge in [-0.3, -0.25) is 0 Å². The van der Waals surface area contributed by atoms with E-state index in [1.165, 1.54) is 6.42 Å². The molecule has 0 aromatic heterocycles. The Morgan fingerprint density at radius 3 is 2.00 bits per heavy atom. The molecule has 0 heterocycles. The molecule has 0 aliphatic carbocycles. The van der Waals surface area contributed by atoms with Crippen LogP contribution in [0.4, 0.5) is 13.2 Å². The van der Waals surface area contributed by atoms with Crippen LogP contribution < -0.4 is 0 Å².